The molecule has 1 aliphatic heterocycles. The van der Waals surface area contributed by atoms with E-state index in [1.165, 1.54) is 0 Å². The standard InChI is InChI=1S/C23H24N4O2/c1-16-6-3-2-4-7-19-22(16)20(10-13-24-19)26-23(28)27-21-9-5-8-18(25-21)17-11-14-29-15-12-17/h2-5,7-11,13,16H,6,12,14-15H2,1H3,(H2,24,25,26,27,28). The fourth-order valence-electron chi connectivity index (χ4n) is 3.59. The summed E-state index contributed by atoms with van der Waals surface area (Å²) in [6.07, 6.45) is 13.6. The Hall–Kier alpha value is -3.25. The third-order valence-electron chi connectivity index (χ3n) is 5.04. The van der Waals surface area contributed by atoms with Crippen molar-refractivity contribution >= 4 is 29.2 Å². The Labute approximate surface area is 170 Å². The number of nitrogens with zero attached hydrogens (tertiary/aromatic N) is 2. The molecule has 0 saturated heterocycles. The molecule has 0 aromatic carbocycles. The highest BCUT2D eigenvalue weighted by molar-refractivity contribution is 6.00. The summed E-state index contributed by atoms with van der Waals surface area (Å²) in [5, 5.41) is 5.82. The Kier molecular flexibility index (Phi) is 5.81. The Bertz CT molecular complexity index is 994. The highest BCUT2D eigenvalue weighted by Gasteiger charge is 2.17. The number of aromatic nitrogens is 2. The summed E-state index contributed by atoms with van der Waals surface area (Å²) >= 11 is 0. The molecule has 0 fully saturated rings. The number of hydrogen-bond donors (Lipinski definition) is 2. The molecule has 3 heterocycles. The molecule has 2 aromatic heterocycles. The molecule has 1 aliphatic carbocycles. The first kappa shape index (κ1) is 19.1. The van der Waals surface area contributed by atoms with Gasteiger partial charge in [0.2, 0.25) is 0 Å². The zero-order valence-corrected chi connectivity index (χ0v) is 16.4. The predicted molar refractivity (Wildman–Crippen MR) is 116 cm³/mol. The largest absolute Gasteiger partial charge is 0.377 e. The molecule has 4 rings (SSSR count). The molecule has 1 atom stereocenters. The number of urea groups is 1. The van der Waals surface area contributed by atoms with Gasteiger partial charge in [0.1, 0.15) is 5.82 Å². The van der Waals surface area contributed by atoms with E-state index in [9.17, 15) is 4.79 Å². The van der Waals surface area contributed by atoms with Crippen LogP contribution in [-0.4, -0.2) is 29.2 Å². The second kappa shape index (κ2) is 8.84. The maximum Gasteiger partial charge on any atom is 0.324 e. The number of ether oxygens (including phenoxy) is 1. The lowest BCUT2D eigenvalue weighted by atomic mass is 9.93. The first-order chi connectivity index (χ1) is 14.2. The number of hydrogen-bond acceptors (Lipinski definition) is 4. The van der Waals surface area contributed by atoms with Crippen molar-refractivity contribution in [3.63, 3.8) is 0 Å². The Morgan fingerprint density at radius 1 is 1.21 bits per heavy atom. The predicted octanol–water partition coefficient (Wildman–Crippen LogP) is 5.00. The number of pyridine rings is 2. The van der Waals surface area contributed by atoms with Gasteiger partial charge in [-0.2, -0.15) is 0 Å². The zero-order chi connectivity index (χ0) is 20.1. The Balaban J connectivity index is 1.51. The van der Waals surface area contributed by atoms with E-state index in [4.69, 9.17) is 4.74 Å². The number of rotatable bonds is 3. The van der Waals surface area contributed by atoms with Crippen molar-refractivity contribution in [3.05, 3.63) is 71.7 Å². The number of allylic oxidation sites excluding steroid dienone is 3. The molecule has 1 unspecified atom stereocenters. The number of anilines is 2. The van der Waals surface area contributed by atoms with Crippen LogP contribution in [0.1, 0.15) is 42.6 Å². The fraction of sp³-hybridized carbons (Fsp3) is 0.261. The van der Waals surface area contributed by atoms with E-state index in [0.29, 0.717) is 19.0 Å². The smallest absolute Gasteiger partial charge is 0.324 e. The van der Waals surface area contributed by atoms with Gasteiger partial charge in [0.25, 0.3) is 0 Å². The molecule has 2 N–H and O–H groups in total. The first-order valence-electron chi connectivity index (χ1n) is 9.85. The van der Waals surface area contributed by atoms with Crippen LogP contribution in [0.2, 0.25) is 0 Å². The molecule has 148 valence electrons. The van der Waals surface area contributed by atoms with Gasteiger partial charge in [-0.25, -0.2) is 9.78 Å². The van der Waals surface area contributed by atoms with Gasteiger partial charge in [0, 0.05) is 17.4 Å². The maximum atomic E-state index is 12.7. The SMILES string of the molecule is CC1CC=CC=Cc2nccc(NC(=O)Nc3cccc(C4=CCOCC4)n3)c21. The second-order valence-electron chi connectivity index (χ2n) is 7.12. The summed E-state index contributed by atoms with van der Waals surface area (Å²) in [4.78, 5) is 21.7. The molecule has 2 aliphatic rings. The average molecular weight is 388 g/mol. The summed E-state index contributed by atoms with van der Waals surface area (Å²) in [6, 6.07) is 7.15. The molecule has 6 heteroatoms. The van der Waals surface area contributed by atoms with Crippen LogP contribution < -0.4 is 10.6 Å². The number of carbonyl (C=O) groups excluding carboxylic acids is 1. The minimum Gasteiger partial charge on any atom is -0.377 e. The Morgan fingerprint density at radius 3 is 3.00 bits per heavy atom. The monoisotopic (exact) mass is 388 g/mol. The van der Waals surface area contributed by atoms with Crippen LogP contribution in [0.3, 0.4) is 0 Å². The van der Waals surface area contributed by atoms with Crippen LogP contribution in [0.25, 0.3) is 11.6 Å². The number of amides is 2. The number of nitrogens with one attached hydrogen (secondary N) is 2. The Morgan fingerprint density at radius 2 is 2.14 bits per heavy atom. The minimum absolute atomic E-state index is 0.247. The van der Waals surface area contributed by atoms with Gasteiger partial charge < -0.3 is 10.1 Å². The topological polar surface area (TPSA) is 76.1 Å². The highest BCUT2D eigenvalue weighted by atomic mass is 16.5. The van der Waals surface area contributed by atoms with Crippen molar-refractivity contribution in [1.82, 2.24) is 9.97 Å². The van der Waals surface area contributed by atoms with Gasteiger partial charge in [-0.3, -0.25) is 10.3 Å². The quantitative estimate of drug-likeness (QED) is 0.776. The maximum absolute atomic E-state index is 12.7. The van der Waals surface area contributed by atoms with Gasteiger partial charge in [-0.15, -0.1) is 0 Å². The summed E-state index contributed by atoms with van der Waals surface area (Å²) in [5.74, 6) is 0.761. The fourth-order valence-corrected chi connectivity index (χ4v) is 3.59. The van der Waals surface area contributed by atoms with E-state index in [-0.39, 0.29) is 11.9 Å². The summed E-state index contributed by atoms with van der Waals surface area (Å²) < 4.78 is 5.36. The van der Waals surface area contributed by atoms with Crippen LogP contribution in [0, 0.1) is 0 Å². The van der Waals surface area contributed by atoms with Gasteiger partial charge >= 0.3 is 6.03 Å². The summed E-state index contributed by atoms with van der Waals surface area (Å²) in [5.41, 5.74) is 4.70. The lowest BCUT2D eigenvalue weighted by molar-refractivity contribution is 0.161. The molecule has 0 bridgehead atoms. The third kappa shape index (κ3) is 4.60. The van der Waals surface area contributed by atoms with Crippen LogP contribution in [0.5, 0.6) is 0 Å². The summed E-state index contributed by atoms with van der Waals surface area (Å²) in [7, 11) is 0. The molecule has 0 saturated carbocycles. The molecular weight excluding hydrogens is 364 g/mol. The lowest BCUT2D eigenvalue weighted by Crippen LogP contribution is -2.22. The van der Waals surface area contributed by atoms with Crippen molar-refractivity contribution in [2.75, 3.05) is 23.8 Å². The molecule has 0 radical (unpaired) electrons. The molecule has 29 heavy (non-hydrogen) atoms. The van der Waals surface area contributed by atoms with Crippen molar-refractivity contribution in [2.45, 2.75) is 25.7 Å². The third-order valence-corrected chi connectivity index (χ3v) is 5.04. The van der Waals surface area contributed by atoms with Crippen molar-refractivity contribution in [2.24, 2.45) is 0 Å². The van der Waals surface area contributed by atoms with Crippen molar-refractivity contribution in [1.29, 1.82) is 0 Å². The molecule has 2 aromatic rings. The van der Waals surface area contributed by atoms with Crippen LogP contribution in [-0.2, 0) is 4.74 Å². The molecule has 6 nitrogen and oxygen atoms in total. The van der Waals surface area contributed by atoms with E-state index in [1.54, 1.807) is 12.3 Å². The zero-order valence-electron chi connectivity index (χ0n) is 16.4. The van der Waals surface area contributed by atoms with E-state index in [1.807, 2.05) is 42.5 Å². The highest BCUT2D eigenvalue weighted by Crippen LogP contribution is 2.31. The number of fused-ring (bicyclic) bond motifs is 1. The van der Waals surface area contributed by atoms with Crippen molar-refractivity contribution in [3.8, 4) is 0 Å². The second-order valence-corrected chi connectivity index (χ2v) is 7.12. The first-order valence-corrected chi connectivity index (χ1v) is 9.85. The van der Waals surface area contributed by atoms with E-state index >= 15 is 0 Å². The normalized spacial score (nSPS) is 18.2. The minimum atomic E-state index is -0.321. The average Bonchev–Trinajstić information content (AvgIpc) is 2.72. The van der Waals surface area contributed by atoms with Gasteiger partial charge in [-0.1, -0.05) is 37.3 Å². The van der Waals surface area contributed by atoms with E-state index < -0.39 is 0 Å². The number of carbonyl (C=O) groups is 1. The van der Waals surface area contributed by atoms with Gasteiger partial charge in [0.05, 0.1) is 24.6 Å². The van der Waals surface area contributed by atoms with Gasteiger partial charge in [0.15, 0.2) is 0 Å². The summed E-state index contributed by atoms with van der Waals surface area (Å²) in [6.45, 7) is 3.44. The molecular formula is C23H24N4O2. The van der Waals surface area contributed by atoms with Crippen LogP contribution in [0.4, 0.5) is 16.3 Å². The molecule has 2 amide bonds. The van der Waals surface area contributed by atoms with Crippen LogP contribution in [0.15, 0.2) is 54.8 Å². The van der Waals surface area contributed by atoms with Crippen LogP contribution >= 0.6 is 0 Å². The molecule has 0 spiro atoms. The van der Waals surface area contributed by atoms with Crippen molar-refractivity contribution < 1.29 is 9.53 Å². The lowest BCUT2D eigenvalue weighted by Gasteiger charge is -2.19. The van der Waals surface area contributed by atoms with E-state index in [2.05, 4.69) is 33.6 Å². The van der Waals surface area contributed by atoms with E-state index in [0.717, 1.165) is 41.1 Å². The van der Waals surface area contributed by atoms with Gasteiger partial charge in [-0.05, 0) is 48.6 Å².